The molecular formula is C12H12N2O2. The lowest BCUT2D eigenvalue weighted by Gasteiger charge is -2.22. The highest BCUT2D eigenvalue weighted by Gasteiger charge is 2.27. The zero-order valence-electron chi connectivity index (χ0n) is 8.76. The maximum Gasteiger partial charge on any atom is 0.339 e. The molecule has 0 spiro atoms. The van der Waals surface area contributed by atoms with E-state index >= 15 is 0 Å². The van der Waals surface area contributed by atoms with Crippen LogP contribution in [0.3, 0.4) is 0 Å². The molecule has 0 aliphatic carbocycles. The summed E-state index contributed by atoms with van der Waals surface area (Å²) in [6.45, 7) is 0.770. The van der Waals surface area contributed by atoms with Gasteiger partial charge in [-0.25, -0.2) is 9.78 Å². The first kappa shape index (κ1) is 10.5. The molecular weight excluding hydrogens is 204 g/mol. The number of carboxylic acids is 1. The van der Waals surface area contributed by atoms with E-state index in [0.717, 1.165) is 19.4 Å². The van der Waals surface area contributed by atoms with E-state index in [4.69, 9.17) is 11.5 Å². The van der Waals surface area contributed by atoms with Crippen LogP contribution in [0.2, 0.25) is 0 Å². The summed E-state index contributed by atoms with van der Waals surface area (Å²) in [5.41, 5.74) is 0.213. The maximum atomic E-state index is 11.1. The van der Waals surface area contributed by atoms with Gasteiger partial charge in [0.1, 0.15) is 11.4 Å². The minimum atomic E-state index is -0.967. The lowest BCUT2D eigenvalue weighted by molar-refractivity contribution is 0.0697. The Morgan fingerprint density at radius 1 is 1.69 bits per heavy atom. The minimum Gasteiger partial charge on any atom is -0.478 e. The third kappa shape index (κ3) is 1.72. The lowest BCUT2D eigenvalue weighted by atomic mass is 10.2. The molecule has 1 saturated heterocycles. The van der Waals surface area contributed by atoms with Crippen molar-refractivity contribution < 1.29 is 9.90 Å². The second-order valence-electron chi connectivity index (χ2n) is 3.70. The van der Waals surface area contributed by atoms with E-state index in [2.05, 4.69) is 10.9 Å². The number of anilines is 1. The van der Waals surface area contributed by atoms with Gasteiger partial charge in [0.2, 0.25) is 0 Å². The van der Waals surface area contributed by atoms with Crippen molar-refractivity contribution in [2.45, 2.75) is 18.9 Å². The number of carbonyl (C=O) groups is 1. The fourth-order valence-electron chi connectivity index (χ4n) is 1.99. The average Bonchev–Trinajstić information content (AvgIpc) is 2.76. The fourth-order valence-corrected chi connectivity index (χ4v) is 1.99. The molecule has 1 aliphatic rings. The Hall–Kier alpha value is -2.02. The summed E-state index contributed by atoms with van der Waals surface area (Å²) >= 11 is 0. The number of aromatic carboxylic acids is 1. The van der Waals surface area contributed by atoms with E-state index in [-0.39, 0.29) is 11.6 Å². The molecule has 0 amide bonds. The van der Waals surface area contributed by atoms with E-state index < -0.39 is 5.97 Å². The number of pyridine rings is 1. The molecule has 0 radical (unpaired) electrons. The van der Waals surface area contributed by atoms with Crippen LogP contribution < -0.4 is 4.90 Å². The Kier molecular flexibility index (Phi) is 2.78. The molecule has 2 rings (SSSR count). The van der Waals surface area contributed by atoms with Crippen molar-refractivity contribution >= 4 is 11.8 Å². The SMILES string of the molecule is C#CC1CCCN1c1ncccc1C(=O)O. The number of nitrogens with zero attached hydrogens (tertiary/aromatic N) is 2. The van der Waals surface area contributed by atoms with Crippen molar-refractivity contribution in [1.82, 2.24) is 4.98 Å². The molecule has 1 fully saturated rings. The summed E-state index contributed by atoms with van der Waals surface area (Å²) in [7, 11) is 0. The second kappa shape index (κ2) is 4.23. The van der Waals surface area contributed by atoms with Gasteiger partial charge < -0.3 is 10.0 Å². The van der Waals surface area contributed by atoms with Crippen LogP contribution in [0.4, 0.5) is 5.82 Å². The predicted molar refractivity (Wildman–Crippen MR) is 60.4 cm³/mol. The number of hydrogen-bond acceptors (Lipinski definition) is 3. The van der Waals surface area contributed by atoms with Gasteiger partial charge in [0.05, 0.1) is 6.04 Å². The fraction of sp³-hybridized carbons (Fsp3) is 0.333. The first-order chi connectivity index (χ1) is 7.74. The number of hydrogen-bond donors (Lipinski definition) is 1. The van der Waals surface area contributed by atoms with Crippen LogP contribution in [0, 0.1) is 12.3 Å². The normalized spacial score (nSPS) is 19.4. The molecule has 1 aromatic heterocycles. The van der Waals surface area contributed by atoms with Gasteiger partial charge in [-0.3, -0.25) is 0 Å². The minimum absolute atomic E-state index is 0.0343. The van der Waals surface area contributed by atoms with Crippen LogP contribution in [0.1, 0.15) is 23.2 Å². The quantitative estimate of drug-likeness (QED) is 0.759. The maximum absolute atomic E-state index is 11.1. The Morgan fingerprint density at radius 2 is 2.50 bits per heavy atom. The molecule has 16 heavy (non-hydrogen) atoms. The Bertz CT molecular complexity index is 451. The number of rotatable bonds is 2. The molecule has 2 heterocycles. The molecule has 1 N–H and O–H groups in total. The van der Waals surface area contributed by atoms with E-state index in [0.29, 0.717) is 5.82 Å². The third-order valence-corrected chi connectivity index (χ3v) is 2.73. The van der Waals surface area contributed by atoms with Crippen LogP contribution in [0.5, 0.6) is 0 Å². The van der Waals surface area contributed by atoms with Crippen LogP contribution in [-0.4, -0.2) is 28.6 Å². The van der Waals surface area contributed by atoms with Crippen LogP contribution >= 0.6 is 0 Å². The van der Waals surface area contributed by atoms with Gasteiger partial charge >= 0.3 is 5.97 Å². The number of aromatic nitrogens is 1. The highest BCUT2D eigenvalue weighted by molar-refractivity contribution is 5.93. The Morgan fingerprint density at radius 3 is 3.19 bits per heavy atom. The molecule has 0 saturated carbocycles. The van der Waals surface area contributed by atoms with Gasteiger partial charge in [-0.05, 0) is 25.0 Å². The summed E-state index contributed by atoms with van der Waals surface area (Å²) in [4.78, 5) is 17.1. The van der Waals surface area contributed by atoms with Crippen LogP contribution in [0.25, 0.3) is 0 Å². The molecule has 0 aromatic carbocycles. The number of terminal acetylenes is 1. The van der Waals surface area contributed by atoms with Gasteiger partial charge in [-0.2, -0.15) is 0 Å². The second-order valence-corrected chi connectivity index (χ2v) is 3.70. The molecule has 4 nitrogen and oxygen atoms in total. The van der Waals surface area contributed by atoms with Gasteiger partial charge in [-0.15, -0.1) is 6.42 Å². The van der Waals surface area contributed by atoms with E-state index in [1.807, 2.05) is 4.90 Å². The summed E-state index contributed by atoms with van der Waals surface area (Å²) in [5, 5.41) is 9.07. The molecule has 1 unspecified atom stereocenters. The van der Waals surface area contributed by atoms with Crippen molar-refractivity contribution in [3.63, 3.8) is 0 Å². The average molecular weight is 216 g/mol. The third-order valence-electron chi connectivity index (χ3n) is 2.73. The first-order valence-electron chi connectivity index (χ1n) is 5.15. The van der Waals surface area contributed by atoms with Gasteiger partial charge in [-0.1, -0.05) is 5.92 Å². The molecule has 82 valence electrons. The lowest BCUT2D eigenvalue weighted by Crippen LogP contribution is -2.30. The zero-order valence-corrected chi connectivity index (χ0v) is 8.76. The van der Waals surface area contributed by atoms with Crippen molar-refractivity contribution in [3.8, 4) is 12.3 Å². The van der Waals surface area contributed by atoms with Crippen molar-refractivity contribution in [3.05, 3.63) is 23.9 Å². The van der Waals surface area contributed by atoms with Crippen molar-refractivity contribution in [2.75, 3.05) is 11.4 Å². The van der Waals surface area contributed by atoms with Gasteiger partial charge in [0, 0.05) is 12.7 Å². The standard InChI is InChI=1S/C12H12N2O2/c1-2-9-5-4-8-14(9)11-10(12(15)16)6-3-7-13-11/h1,3,6-7,9H,4-5,8H2,(H,15,16). The van der Waals surface area contributed by atoms with Crippen molar-refractivity contribution in [2.24, 2.45) is 0 Å². The largest absolute Gasteiger partial charge is 0.478 e. The predicted octanol–water partition coefficient (Wildman–Crippen LogP) is 1.38. The van der Waals surface area contributed by atoms with Gasteiger partial charge in [0.25, 0.3) is 0 Å². The Balaban J connectivity index is 2.40. The highest BCUT2D eigenvalue weighted by Crippen LogP contribution is 2.26. The molecule has 1 aliphatic heterocycles. The molecule has 0 bridgehead atoms. The summed E-state index contributed by atoms with van der Waals surface area (Å²) in [6.07, 6.45) is 8.88. The summed E-state index contributed by atoms with van der Waals surface area (Å²) in [5.74, 6) is 2.19. The number of carboxylic acid groups (broad SMARTS) is 1. The monoisotopic (exact) mass is 216 g/mol. The van der Waals surface area contributed by atoms with Gasteiger partial charge in [0.15, 0.2) is 0 Å². The first-order valence-corrected chi connectivity index (χ1v) is 5.15. The van der Waals surface area contributed by atoms with Crippen LogP contribution in [-0.2, 0) is 0 Å². The zero-order chi connectivity index (χ0) is 11.5. The Labute approximate surface area is 93.9 Å². The molecule has 1 aromatic rings. The van der Waals surface area contributed by atoms with Crippen molar-refractivity contribution in [1.29, 1.82) is 0 Å². The van der Waals surface area contributed by atoms with Crippen LogP contribution in [0.15, 0.2) is 18.3 Å². The molecule has 4 heteroatoms. The highest BCUT2D eigenvalue weighted by atomic mass is 16.4. The van der Waals surface area contributed by atoms with E-state index in [1.165, 1.54) is 0 Å². The summed E-state index contributed by atoms with van der Waals surface area (Å²) < 4.78 is 0. The smallest absolute Gasteiger partial charge is 0.339 e. The van der Waals surface area contributed by atoms with E-state index in [9.17, 15) is 4.79 Å². The molecule has 1 atom stereocenters. The van der Waals surface area contributed by atoms with E-state index in [1.54, 1.807) is 18.3 Å². The topological polar surface area (TPSA) is 53.4 Å². The summed E-state index contributed by atoms with van der Waals surface area (Å²) in [6, 6.07) is 3.14.